The first kappa shape index (κ1) is 28.3. The summed E-state index contributed by atoms with van der Waals surface area (Å²) in [5.74, 6) is 1.30. The maximum Gasteiger partial charge on any atom is 0.305 e. The molecule has 5 rings (SSSR count). The molecule has 208 valence electrons. The minimum absolute atomic E-state index is 0.0763. The summed E-state index contributed by atoms with van der Waals surface area (Å²) < 4.78 is 4.87. The maximum absolute atomic E-state index is 11.6. The number of esters is 1. The van der Waals surface area contributed by atoms with Gasteiger partial charge < -0.3 is 25.2 Å². The highest BCUT2D eigenvalue weighted by Crippen LogP contribution is 2.68. The second-order valence-corrected chi connectivity index (χ2v) is 13.9. The van der Waals surface area contributed by atoms with Crippen molar-refractivity contribution in [2.75, 3.05) is 7.11 Å². The lowest BCUT2D eigenvalue weighted by Crippen LogP contribution is -2.56. The standard InChI is InChI=1S/C25H42O4.C5H10O2/c1-16(5-10-22(26)29-4)19-8-9-20-18-7-6-17-15-25(27,28)14-13-23(17,2)21(18)11-12-24(19,20)3;6-5(7)3-1-2-4-5/h16-21,27-28H,5-15H2,1-4H3;6-7H,1-4H2. The Kier molecular flexibility index (Phi) is 8.23. The topological polar surface area (TPSA) is 107 Å². The number of hydrogen-bond donors (Lipinski definition) is 4. The van der Waals surface area contributed by atoms with E-state index >= 15 is 0 Å². The Labute approximate surface area is 218 Å². The molecule has 0 radical (unpaired) electrons. The van der Waals surface area contributed by atoms with E-state index in [1.165, 1.54) is 39.2 Å². The van der Waals surface area contributed by atoms with Gasteiger partial charge in [-0.3, -0.25) is 4.79 Å². The number of hydrogen-bond acceptors (Lipinski definition) is 6. The molecular weight excluding hydrogens is 456 g/mol. The lowest BCUT2D eigenvalue weighted by atomic mass is 9.44. The highest BCUT2D eigenvalue weighted by molar-refractivity contribution is 5.69. The van der Waals surface area contributed by atoms with Gasteiger partial charge in [0.05, 0.1) is 7.11 Å². The quantitative estimate of drug-likeness (QED) is 0.309. The zero-order valence-electron chi connectivity index (χ0n) is 23.2. The molecular formula is C30H52O6. The van der Waals surface area contributed by atoms with Gasteiger partial charge in [-0.15, -0.1) is 0 Å². The zero-order valence-corrected chi connectivity index (χ0v) is 23.2. The number of carbonyl (C=O) groups excluding carboxylic acids is 1. The highest BCUT2D eigenvalue weighted by Gasteiger charge is 2.61. The third-order valence-electron chi connectivity index (χ3n) is 11.9. The summed E-state index contributed by atoms with van der Waals surface area (Å²) in [6.45, 7) is 7.38. The molecule has 6 heteroatoms. The van der Waals surface area contributed by atoms with Gasteiger partial charge in [0.25, 0.3) is 0 Å². The molecule has 0 aromatic carbocycles. The van der Waals surface area contributed by atoms with Crippen LogP contribution in [0.2, 0.25) is 0 Å². The molecule has 5 saturated carbocycles. The Hall–Kier alpha value is -0.690. The largest absolute Gasteiger partial charge is 0.469 e. The van der Waals surface area contributed by atoms with Crippen LogP contribution in [0.4, 0.5) is 0 Å². The Balaban J connectivity index is 0.000000375. The zero-order chi connectivity index (χ0) is 26.4. The summed E-state index contributed by atoms with van der Waals surface area (Å²) in [7, 11) is 1.49. The molecule has 0 aromatic rings. The summed E-state index contributed by atoms with van der Waals surface area (Å²) in [5, 5.41) is 38.0. The van der Waals surface area contributed by atoms with Crippen LogP contribution in [0.15, 0.2) is 0 Å². The van der Waals surface area contributed by atoms with Gasteiger partial charge in [0.15, 0.2) is 11.6 Å². The SMILES string of the molecule is COC(=O)CCC(C)C1CCC2C3CCC4CC(O)(O)CCC4(C)C3CCC12C.OC1(O)CCCC1. The number of fused-ring (bicyclic) bond motifs is 5. The molecule has 0 saturated heterocycles. The van der Waals surface area contributed by atoms with Gasteiger partial charge in [0.2, 0.25) is 0 Å². The van der Waals surface area contributed by atoms with Gasteiger partial charge in [-0.25, -0.2) is 0 Å². The first-order chi connectivity index (χ1) is 16.8. The van der Waals surface area contributed by atoms with Crippen LogP contribution in [-0.4, -0.2) is 45.1 Å². The Morgan fingerprint density at radius 2 is 1.50 bits per heavy atom. The third-order valence-corrected chi connectivity index (χ3v) is 11.9. The first-order valence-corrected chi connectivity index (χ1v) is 14.8. The van der Waals surface area contributed by atoms with E-state index in [1.54, 1.807) is 0 Å². The number of methoxy groups -OCH3 is 1. The molecule has 0 spiro atoms. The van der Waals surface area contributed by atoms with Crippen molar-refractivity contribution in [2.45, 2.75) is 129 Å². The average molecular weight is 509 g/mol. The van der Waals surface area contributed by atoms with Crippen LogP contribution in [0.1, 0.15) is 117 Å². The van der Waals surface area contributed by atoms with Gasteiger partial charge >= 0.3 is 5.97 Å². The Morgan fingerprint density at radius 1 is 0.833 bits per heavy atom. The second-order valence-electron chi connectivity index (χ2n) is 13.9. The van der Waals surface area contributed by atoms with E-state index in [9.17, 15) is 15.0 Å². The molecule has 5 aliphatic carbocycles. The molecule has 0 amide bonds. The van der Waals surface area contributed by atoms with Crippen molar-refractivity contribution < 1.29 is 30.0 Å². The van der Waals surface area contributed by atoms with Crippen LogP contribution in [0.5, 0.6) is 0 Å². The van der Waals surface area contributed by atoms with Gasteiger partial charge in [0, 0.05) is 32.1 Å². The fraction of sp³-hybridized carbons (Fsp3) is 0.967. The molecule has 36 heavy (non-hydrogen) atoms. The normalized spacial score (nSPS) is 43.3. The summed E-state index contributed by atoms with van der Waals surface area (Å²) in [6, 6.07) is 0. The maximum atomic E-state index is 11.6. The smallest absolute Gasteiger partial charge is 0.305 e. The van der Waals surface area contributed by atoms with Crippen LogP contribution in [0.25, 0.3) is 0 Å². The van der Waals surface area contributed by atoms with E-state index in [0.717, 1.165) is 55.8 Å². The number of rotatable bonds is 4. The fourth-order valence-corrected chi connectivity index (χ4v) is 9.79. The number of ether oxygens (including phenoxy) is 1. The minimum Gasteiger partial charge on any atom is -0.469 e. The van der Waals surface area contributed by atoms with Crippen LogP contribution in [0.3, 0.4) is 0 Å². The van der Waals surface area contributed by atoms with Gasteiger partial charge in [0.1, 0.15) is 0 Å². The second kappa shape index (κ2) is 10.5. The molecule has 4 N–H and O–H groups in total. The van der Waals surface area contributed by atoms with E-state index in [4.69, 9.17) is 14.9 Å². The van der Waals surface area contributed by atoms with E-state index in [-0.39, 0.29) is 11.4 Å². The van der Waals surface area contributed by atoms with Crippen molar-refractivity contribution in [3.8, 4) is 0 Å². The molecule has 0 aliphatic heterocycles. The van der Waals surface area contributed by atoms with Gasteiger partial charge in [-0.05, 0) is 111 Å². The van der Waals surface area contributed by atoms with Crippen LogP contribution in [0, 0.1) is 46.3 Å². The molecule has 0 bridgehead atoms. The van der Waals surface area contributed by atoms with Gasteiger partial charge in [-0.1, -0.05) is 20.8 Å². The lowest BCUT2D eigenvalue weighted by Gasteiger charge is -2.61. The molecule has 5 aliphatic rings. The minimum atomic E-state index is -1.44. The van der Waals surface area contributed by atoms with Crippen molar-refractivity contribution in [3.63, 3.8) is 0 Å². The van der Waals surface area contributed by atoms with Gasteiger partial charge in [-0.2, -0.15) is 0 Å². The molecule has 5 fully saturated rings. The fourth-order valence-electron chi connectivity index (χ4n) is 9.79. The number of carbonyl (C=O) groups is 1. The molecule has 8 atom stereocenters. The predicted molar refractivity (Wildman–Crippen MR) is 138 cm³/mol. The van der Waals surface area contributed by atoms with Crippen LogP contribution < -0.4 is 0 Å². The first-order valence-electron chi connectivity index (χ1n) is 14.8. The van der Waals surface area contributed by atoms with E-state index < -0.39 is 11.6 Å². The molecule has 8 unspecified atom stereocenters. The monoisotopic (exact) mass is 508 g/mol. The highest BCUT2D eigenvalue weighted by atomic mass is 16.5. The van der Waals surface area contributed by atoms with E-state index in [1.807, 2.05) is 0 Å². The summed E-state index contributed by atoms with van der Waals surface area (Å²) in [6.07, 6.45) is 14.3. The molecule has 0 heterocycles. The average Bonchev–Trinajstić information content (AvgIpc) is 3.39. The summed E-state index contributed by atoms with van der Waals surface area (Å²) >= 11 is 0. The molecule has 6 nitrogen and oxygen atoms in total. The van der Waals surface area contributed by atoms with E-state index in [0.29, 0.717) is 49.4 Å². The number of aliphatic hydroxyl groups is 4. The van der Waals surface area contributed by atoms with Crippen molar-refractivity contribution in [1.29, 1.82) is 0 Å². The van der Waals surface area contributed by atoms with E-state index in [2.05, 4.69) is 20.8 Å². The molecule has 0 aromatic heterocycles. The Bertz CT molecular complexity index is 771. The predicted octanol–water partition coefficient (Wildman–Crippen LogP) is 5.16. The third kappa shape index (κ3) is 5.53. The summed E-state index contributed by atoms with van der Waals surface area (Å²) in [5.41, 5.74) is 0.695. The van der Waals surface area contributed by atoms with Crippen molar-refractivity contribution in [2.24, 2.45) is 46.3 Å². The van der Waals surface area contributed by atoms with Crippen LogP contribution >= 0.6 is 0 Å². The summed E-state index contributed by atoms with van der Waals surface area (Å²) in [4.78, 5) is 11.6. The lowest BCUT2D eigenvalue weighted by molar-refractivity contribution is -0.233. The Morgan fingerprint density at radius 3 is 2.11 bits per heavy atom. The van der Waals surface area contributed by atoms with Crippen LogP contribution in [-0.2, 0) is 9.53 Å². The van der Waals surface area contributed by atoms with Crippen molar-refractivity contribution in [3.05, 3.63) is 0 Å². The van der Waals surface area contributed by atoms with Crippen molar-refractivity contribution in [1.82, 2.24) is 0 Å². The van der Waals surface area contributed by atoms with Crippen molar-refractivity contribution >= 4 is 5.97 Å².